The van der Waals surface area contributed by atoms with Crippen LogP contribution in [0.3, 0.4) is 0 Å². The van der Waals surface area contributed by atoms with E-state index in [0.29, 0.717) is 27.8 Å². The topological polar surface area (TPSA) is 127 Å². The summed E-state index contributed by atoms with van der Waals surface area (Å²) in [7, 11) is 4.29. The Kier molecular flexibility index (Phi) is 8.16. The number of allylic oxidation sites excluding steroid dienone is 1. The van der Waals surface area contributed by atoms with Crippen LogP contribution in [0.5, 0.6) is 11.5 Å². The second-order valence-electron chi connectivity index (χ2n) is 7.15. The number of para-hydroxylation sites is 1. The maximum absolute atomic E-state index is 12.6. The average Bonchev–Trinajstić information content (AvgIpc) is 2.86. The average molecular weight is 482 g/mol. The Balaban J connectivity index is 1.80. The quantitative estimate of drug-likeness (QED) is 0.551. The van der Waals surface area contributed by atoms with Gasteiger partial charge in [-0.25, -0.2) is 4.79 Å². The fourth-order valence-electron chi connectivity index (χ4n) is 3.49. The molecule has 2 N–H and O–H groups in total. The van der Waals surface area contributed by atoms with Gasteiger partial charge in [0.15, 0.2) is 11.5 Å². The largest absolute Gasteiger partial charge is 0.493 e. The van der Waals surface area contributed by atoms with Gasteiger partial charge < -0.3 is 24.8 Å². The molecule has 0 spiro atoms. The first-order valence-electron chi connectivity index (χ1n) is 10.2. The molecule has 0 saturated carbocycles. The Morgan fingerprint density at radius 1 is 1.15 bits per heavy atom. The number of nitrogens with one attached hydrogen (secondary N) is 2. The summed E-state index contributed by atoms with van der Waals surface area (Å²) in [6, 6.07) is 13.9. The predicted octanol–water partition coefficient (Wildman–Crippen LogP) is 3.20. The molecule has 9 nitrogen and oxygen atoms in total. The minimum Gasteiger partial charge on any atom is -0.493 e. The van der Waals surface area contributed by atoms with Crippen LogP contribution in [0.15, 0.2) is 53.1 Å². The molecule has 34 heavy (non-hydrogen) atoms. The van der Waals surface area contributed by atoms with Gasteiger partial charge in [0.2, 0.25) is 11.8 Å². The SMILES string of the molecule is COC(=O)c1ccccc1NC(=O)CSC1=C(C#N)[C@@H](c2ccc(OC)c(OC)c2)CC(=O)N1. The van der Waals surface area contributed by atoms with Gasteiger partial charge in [0.05, 0.1) is 55.0 Å². The van der Waals surface area contributed by atoms with Crippen molar-refractivity contribution in [3.63, 3.8) is 0 Å². The Morgan fingerprint density at radius 2 is 1.88 bits per heavy atom. The van der Waals surface area contributed by atoms with E-state index < -0.39 is 17.8 Å². The van der Waals surface area contributed by atoms with Gasteiger partial charge in [0.1, 0.15) is 0 Å². The van der Waals surface area contributed by atoms with Crippen molar-refractivity contribution < 1.29 is 28.6 Å². The number of thioether (sulfide) groups is 1. The van der Waals surface area contributed by atoms with Crippen LogP contribution in [0.1, 0.15) is 28.3 Å². The van der Waals surface area contributed by atoms with Crippen molar-refractivity contribution in [2.45, 2.75) is 12.3 Å². The van der Waals surface area contributed by atoms with Crippen LogP contribution in [-0.2, 0) is 14.3 Å². The predicted molar refractivity (Wildman–Crippen MR) is 127 cm³/mol. The number of nitriles is 1. The Morgan fingerprint density at radius 3 is 2.56 bits per heavy atom. The summed E-state index contributed by atoms with van der Waals surface area (Å²) in [4.78, 5) is 36.9. The van der Waals surface area contributed by atoms with Crippen molar-refractivity contribution in [3.05, 3.63) is 64.2 Å². The number of methoxy groups -OCH3 is 3. The molecule has 1 aliphatic rings. The molecule has 0 aliphatic carbocycles. The van der Waals surface area contributed by atoms with Gasteiger partial charge in [-0.2, -0.15) is 5.26 Å². The van der Waals surface area contributed by atoms with E-state index in [0.717, 1.165) is 17.3 Å². The number of nitrogens with zero attached hydrogens (tertiary/aromatic N) is 1. The number of amides is 2. The molecular formula is C24H23N3O6S. The number of anilines is 1. The Hall–Kier alpha value is -3.97. The van der Waals surface area contributed by atoms with Crippen molar-refractivity contribution >= 4 is 35.2 Å². The molecule has 2 aromatic rings. The van der Waals surface area contributed by atoms with Gasteiger partial charge >= 0.3 is 5.97 Å². The van der Waals surface area contributed by atoms with E-state index >= 15 is 0 Å². The van der Waals surface area contributed by atoms with Gasteiger partial charge in [0, 0.05) is 12.3 Å². The van der Waals surface area contributed by atoms with Crippen LogP contribution >= 0.6 is 11.8 Å². The minimum absolute atomic E-state index is 0.0845. The maximum Gasteiger partial charge on any atom is 0.339 e. The highest BCUT2D eigenvalue weighted by atomic mass is 32.2. The lowest BCUT2D eigenvalue weighted by atomic mass is 9.87. The number of esters is 1. The normalized spacial score (nSPS) is 15.1. The molecule has 2 aromatic carbocycles. The molecule has 1 heterocycles. The van der Waals surface area contributed by atoms with E-state index in [9.17, 15) is 19.6 Å². The highest BCUT2D eigenvalue weighted by molar-refractivity contribution is 8.03. The van der Waals surface area contributed by atoms with Crippen LogP contribution in [0.2, 0.25) is 0 Å². The van der Waals surface area contributed by atoms with Crippen LogP contribution in [-0.4, -0.2) is 44.9 Å². The third kappa shape index (κ3) is 5.50. The van der Waals surface area contributed by atoms with E-state index in [1.54, 1.807) is 42.5 Å². The van der Waals surface area contributed by atoms with Crippen LogP contribution in [0.4, 0.5) is 5.69 Å². The van der Waals surface area contributed by atoms with Crippen LogP contribution < -0.4 is 20.1 Å². The van der Waals surface area contributed by atoms with Crippen LogP contribution in [0.25, 0.3) is 0 Å². The summed E-state index contributed by atoms with van der Waals surface area (Å²) in [5.41, 5.74) is 1.60. The van der Waals surface area contributed by atoms with Crippen LogP contribution in [0, 0.1) is 11.3 Å². The zero-order chi connectivity index (χ0) is 24.7. The summed E-state index contributed by atoms with van der Waals surface area (Å²) in [6.45, 7) is 0. The van der Waals surface area contributed by atoms with E-state index in [4.69, 9.17) is 14.2 Å². The summed E-state index contributed by atoms with van der Waals surface area (Å²) in [6.07, 6.45) is 0.0845. The molecule has 1 aliphatic heterocycles. The molecule has 0 fully saturated rings. The lowest BCUT2D eigenvalue weighted by Gasteiger charge is -2.25. The molecule has 0 radical (unpaired) electrons. The number of benzene rings is 2. The smallest absolute Gasteiger partial charge is 0.339 e. The monoisotopic (exact) mass is 481 g/mol. The van der Waals surface area contributed by atoms with E-state index in [1.807, 2.05) is 0 Å². The summed E-state index contributed by atoms with van der Waals surface area (Å²) < 4.78 is 15.3. The second kappa shape index (κ2) is 11.2. The first kappa shape index (κ1) is 24.7. The van der Waals surface area contributed by atoms with Gasteiger partial charge in [-0.05, 0) is 29.8 Å². The first-order valence-corrected chi connectivity index (χ1v) is 11.2. The summed E-state index contributed by atoms with van der Waals surface area (Å²) in [5, 5.41) is 15.5. The first-order chi connectivity index (χ1) is 16.4. The lowest BCUT2D eigenvalue weighted by Crippen LogP contribution is -2.31. The number of rotatable bonds is 8. The molecule has 0 saturated heterocycles. The summed E-state index contributed by atoms with van der Waals surface area (Å²) >= 11 is 1.04. The molecule has 176 valence electrons. The zero-order valence-corrected chi connectivity index (χ0v) is 19.7. The van der Waals surface area contributed by atoms with E-state index in [2.05, 4.69) is 16.7 Å². The van der Waals surface area contributed by atoms with Crippen molar-refractivity contribution in [2.24, 2.45) is 0 Å². The van der Waals surface area contributed by atoms with Crippen molar-refractivity contribution in [2.75, 3.05) is 32.4 Å². The van der Waals surface area contributed by atoms with Crippen molar-refractivity contribution in [3.8, 4) is 17.6 Å². The molecule has 3 rings (SSSR count). The molecule has 0 bridgehead atoms. The molecule has 0 aromatic heterocycles. The third-order valence-electron chi connectivity index (χ3n) is 5.12. The molecule has 10 heteroatoms. The highest BCUT2D eigenvalue weighted by Gasteiger charge is 2.30. The fraction of sp³-hybridized carbons (Fsp3) is 0.250. The lowest BCUT2D eigenvalue weighted by molar-refractivity contribution is -0.121. The molecule has 0 unspecified atom stereocenters. The fourth-order valence-corrected chi connectivity index (χ4v) is 4.37. The number of carbonyl (C=O) groups is 3. The number of ether oxygens (including phenoxy) is 3. The molecule has 2 amide bonds. The maximum atomic E-state index is 12.6. The summed E-state index contributed by atoms with van der Waals surface area (Å²) in [5.74, 6) is -0.811. The second-order valence-corrected chi connectivity index (χ2v) is 8.13. The van der Waals surface area contributed by atoms with Crippen molar-refractivity contribution in [1.29, 1.82) is 5.26 Å². The van der Waals surface area contributed by atoms with Crippen molar-refractivity contribution in [1.82, 2.24) is 5.32 Å². The zero-order valence-electron chi connectivity index (χ0n) is 18.8. The van der Waals surface area contributed by atoms with Gasteiger partial charge in [-0.3, -0.25) is 9.59 Å². The molecule has 1 atom stereocenters. The van der Waals surface area contributed by atoms with E-state index in [1.165, 1.54) is 21.3 Å². The number of carbonyl (C=O) groups excluding carboxylic acids is 3. The van der Waals surface area contributed by atoms with Gasteiger partial charge in [-0.1, -0.05) is 30.0 Å². The highest BCUT2D eigenvalue weighted by Crippen LogP contribution is 2.39. The van der Waals surface area contributed by atoms with E-state index in [-0.39, 0.29) is 23.6 Å². The van der Waals surface area contributed by atoms with Gasteiger partial charge in [0.25, 0.3) is 0 Å². The third-order valence-corrected chi connectivity index (χ3v) is 6.14. The van der Waals surface area contributed by atoms with Gasteiger partial charge in [-0.15, -0.1) is 0 Å². The number of hydrogen-bond donors (Lipinski definition) is 2. The Labute approximate surface area is 201 Å². The minimum atomic E-state index is -0.574. The Bertz CT molecular complexity index is 1190. The standard InChI is InChI=1S/C24H23N3O6S/c1-31-19-9-8-14(10-20(19)32-2)16-11-21(28)27-23(17(16)12-25)34-13-22(29)26-18-7-5-4-6-15(18)24(30)33-3/h4-10,16H,11,13H2,1-3H3,(H,26,29)(H,27,28)/t16-/m1/s1. The molecular weight excluding hydrogens is 458 g/mol. The number of hydrogen-bond acceptors (Lipinski definition) is 8.